The van der Waals surface area contributed by atoms with Gasteiger partial charge < -0.3 is 15.4 Å². The maximum Gasteiger partial charge on any atom is 0.407 e. The lowest BCUT2D eigenvalue weighted by atomic mass is 9.84. The van der Waals surface area contributed by atoms with Crippen LogP contribution in [0.15, 0.2) is 18.3 Å². The van der Waals surface area contributed by atoms with Crippen LogP contribution in [-0.2, 0) is 4.74 Å². The molecule has 1 aromatic heterocycles. The number of hydrogen-bond donors (Lipinski definition) is 2. The predicted molar refractivity (Wildman–Crippen MR) is 92.9 cm³/mol. The van der Waals surface area contributed by atoms with Crippen LogP contribution in [0.1, 0.15) is 46.5 Å². The van der Waals surface area contributed by atoms with Crippen molar-refractivity contribution in [3.05, 3.63) is 23.5 Å². The largest absolute Gasteiger partial charge is 0.444 e. The van der Waals surface area contributed by atoms with Crippen molar-refractivity contribution in [3.8, 4) is 0 Å². The Balaban J connectivity index is 1.88. The number of anilines is 1. The van der Waals surface area contributed by atoms with Crippen LogP contribution < -0.4 is 10.6 Å². The first-order valence-corrected chi connectivity index (χ1v) is 8.56. The number of carbonyl (C=O) groups excluding carboxylic acids is 1. The van der Waals surface area contributed by atoms with Crippen LogP contribution in [-0.4, -0.2) is 29.3 Å². The van der Waals surface area contributed by atoms with Gasteiger partial charge in [0.1, 0.15) is 10.8 Å². The first-order chi connectivity index (χ1) is 10.8. The molecule has 0 aliphatic heterocycles. The topological polar surface area (TPSA) is 63.2 Å². The minimum absolute atomic E-state index is 0.321. The van der Waals surface area contributed by atoms with Gasteiger partial charge in [-0.25, -0.2) is 9.78 Å². The van der Waals surface area contributed by atoms with Crippen LogP contribution in [0, 0.1) is 5.92 Å². The summed E-state index contributed by atoms with van der Waals surface area (Å²) < 4.78 is 5.30. The van der Waals surface area contributed by atoms with Gasteiger partial charge in [0, 0.05) is 12.6 Å². The monoisotopic (exact) mass is 339 g/mol. The average Bonchev–Trinajstić information content (AvgIpc) is 2.47. The molecule has 0 aromatic carbocycles. The summed E-state index contributed by atoms with van der Waals surface area (Å²) in [6.45, 7) is 6.22. The SMILES string of the molecule is CC(C)(C)OC(=O)NCC1CCCCC1Nc1ccc(Cl)nc1. The average molecular weight is 340 g/mol. The Bertz CT molecular complexity index is 514. The molecule has 1 amide bonds. The quantitative estimate of drug-likeness (QED) is 0.806. The van der Waals surface area contributed by atoms with Gasteiger partial charge in [-0.2, -0.15) is 0 Å². The molecular weight excluding hydrogens is 314 g/mol. The highest BCUT2D eigenvalue weighted by molar-refractivity contribution is 6.29. The Morgan fingerprint density at radius 1 is 1.35 bits per heavy atom. The van der Waals surface area contributed by atoms with Crippen molar-refractivity contribution in [2.45, 2.75) is 58.1 Å². The Morgan fingerprint density at radius 3 is 2.74 bits per heavy atom. The lowest BCUT2D eigenvalue weighted by Gasteiger charge is -2.33. The molecule has 2 N–H and O–H groups in total. The summed E-state index contributed by atoms with van der Waals surface area (Å²) >= 11 is 5.82. The highest BCUT2D eigenvalue weighted by Crippen LogP contribution is 2.27. The molecule has 1 aromatic rings. The van der Waals surface area contributed by atoms with Gasteiger partial charge in [-0.3, -0.25) is 0 Å². The number of aromatic nitrogens is 1. The number of amides is 1. The molecule has 128 valence electrons. The molecule has 2 atom stereocenters. The Labute approximate surface area is 143 Å². The zero-order chi connectivity index (χ0) is 16.9. The van der Waals surface area contributed by atoms with Crippen LogP contribution in [0.25, 0.3) is 0 Å². The molecule has 5 nitrogen and oxygen atoms in total. The third kappa shape index (κ3) is 6.26. The minimum atomic E-state index is -0.469. The molecule has 0 saturated heterocycles. The number of hydrogen-bond acceptors (Lipinski definition) is 4. The van der Waals surface area contributed by atoms with E-state index in [1.54, 1.807) is 12.3 Å². The van der Waals surface area contributed by atoms with E-state index in [1.807, 2.05) is 26.8 Å². The number of halogens is 1. The van der Waals surface area contributed by atoms with Crippen molar-refractivity contribution in [1.82, 2.24) is 10.3 Å². The normalized spacial score (nSPS) is 21.6. The van der Waals surface area contributed by atoms with Crippen LogP contribution >= 0.6 is 11.6 Å². The third-order valence-electron chi connectivity index (χ3n) is 3.90. The summed E-state index contributed by atoms with van der Waals surface area (Å²) in [6.07, 6.45) is 5.96. The molecule has 1 heterocycles. The summed E-state index contributed by atoms with van der Waals surface area (Å²) in [5, 5.41) is 6.90. The molecule has 0 bridgehead atoms. The highest BCUT2D eigenvalue weighted by Gasteiger charge is 2.26. The van der Waals surface area contributed by atoms with Crippen LogP contribution in [0.2, 0.25) is 5.15 Å². The van der Waals surface area contributed by atoms with Crippen molar-refractivity contribution in [1.29, 1.82) is 0 Å². The van der Waals surface area contributed by atoms with Gasteiger partial charge in [0.2, 0.25) is 0 Å². The Hall–Kier alpha value is -1.49. The molecule has 1 fully saturated rings. The van der Waals surface area contributed by atoms with E-state index in [4.69, 9.17) is 16.3 Å². The van der Waals surface area contributed by atoms with Crippen LogP contribution in [0.4, 0.5) is 10.5 Å². The fourth-order valence-corrected chi connectivity index (χ4v) is 2.96. The van der Waals surface area contributed by atoms with Crippen LogP contribution in [0.5, 0.6) is 0 Å². The summed E-state index contributed by atoms with van der Waals surface area (Å²) in [4.78, 5) is 15.9. The number of rotatable bonds is 4. The van der Waals surface area contributed by atoms with E-state index in [2.05, 4.69) is 15.6 Å². The van der Waals surface area contributed by atoms with E-state index in [9.17, 15) is 4.79 Å². The van der Waals surface area contributed by atoms with E-state index >= 15 is 0 Å². The Kier molecular flexibility index (Phi) is 6.10. The molecular formula is C17H26ClN3O2. The highest BCUT2D eigenvalue weighted by atomic mass is 35.5. The lowest BCUT2D eigenvalue weighted by Crippen LogP contribution is -2.42. The van der Waals surface area contributed by atoms with E-state index in [1.165, 1.54) is 12.8 Å². The van der Waals surface area contributed by atoms with Gasteiger partial charge >= 0.3 is 6.09 Å². The summed E-state index contributed by atoms with van der Waals surface area (Å²) in [5.41, 5.74) is 0.493. The number of alkyl carbamates (subject to hydrolysis) is 1. The van der Waals surface area contributed by atoms with E-state index < -0.39 is 5.60 Å². The molecule has 6 heteroatoms. The first-order valence-electron chi connectivity index (χ1n) is 8.18. The van der Waals surface area contributed by atoms with Crippen molar-refractivity contribution >= 4 is 23.4 Å². The van der Waals surface area contributed by atoms with Gasteiger partial charge in [0.25, 0.3) is 0 Å². The van der Waals surface area contributed by atoms with Crippen molar-refractivity contribution in [3.63, 3.8) is 0 Å². The molecule has 2 unspecified atom stereocenters. The van der Waals surface area contributed by atoms with Gasteiger partial charge in [-0.05, 0) is 51.7 Å². The third-order valence-corrected chi connectivity index (χ3v) is 4.12. The van der Waals surface area contributed by atoms with Crippen molar-refractivity contribution in [2.24, 2.45) is 5.92 Å². The van der Waals surface area contributed by atoms with Gasteiger partial charge in [-0.15, -0.1) is 0 Å². The Morgan fingerprint density at radius 2 is 2.09 bits per heavy atom. The number of ether oxygens (including phenoxy) is 1. The lowest BCUT2D eigenvalue weighted by molar-refractivity contribution is 0.0514. The summed E-state index contributed by atoms with van der Waals surface area (Å²) in [7, 11) is 0. The van der Waals surface area contributed by atoms with Gasteiger partial charge in [0.15, 0.2) is 0 Å². The minimum Gasteiger partial charge on any atom is -0.444 e. The molecule has 23 heavy (non-hydrogen) atoms. The molecule has 0 spiro atoms. The number of carbonyl (C=O) groups is 1. The van der Waals surface area contributed by atoms with E-state index in [0.29, 0.717) is 23.7 Å². The number of pyridine rings is 1. The fraction of sp³-hybridized carbons (Fsp3) is 0.647. The maximum atomic E-state index is 11.8. The van der Waals surface area contributed by atoms with Crippen molar-refractivity contribution < 1.29 is 9.53 Å². The van der Waals surface area contributed by atoms with Gasteiger partial charge in [0.05, 0.1) is 11.9 Å². The molecule has 1 aliphatic carbocycles. The van der Waals surface area contributed by atoms with Gasteiger partial charge in [-0.1, -0.05) is 24.4 Å². The van der Waals surface area contributed by atoms with E-state index in [-0.39, 0.29) is 6.09 Å². The fourth-order valence-electron chi connectivity index (χ4n) is 2.85. The van der Waals surface area contributed by atoms with E-state index in [0.717, 1.165) is 18.5 Å². The molecule has 2 rings (SSSR count). The molecule has 1 saturated carbocycles. The van der Waals surface area contributed by atoms with Crippen LogP contribution in [0.3, 0.4) is 0 Å². The molecule has 1 aliphatic rings. The second kappa shape index (κ2) is 7.86. The zero-order valence-electron chi connectivity index (χ0n) is 14.1. The smallest absolute Gasteiger partial charge is 0.407 e. The summed E-state index contributed by atoms with van der Waals surface area (Å²) in [5.74, 6) is 0.381. The zero-order valence-corrected chi connectivity index (χ0v) is 14.8. The molecule has 0 radical (unpaired) electrons. The second-order valence-electron chi connectivity index (χ2n) is 7.05. The first kappa shape index (κ1) is 17.9. The van der Waals surface area contributed by atoms with Crippen molar-refractivity contribution in [2.75, 3.05) is 11.9 Å². The summed E-state index contributed by atoms with van der Waals surface area (Å²) in [6, 6.07) is 4.03. The maximum absolute atomic E-state index is 11.8. The number of nitrogens with one attached hydrogen (secondary N) is 2. The predicted octanol–water partition coefficient (Wildman–Crippen LogP) is 4.23. The standard InChI is InChI=1S/C17H26ClN3O2/c1-17(2,3)23-16(22)20-10-12-6-4-5-7-14(12)21-13-8-9-15(18)19-11-13/h8-9,11-12,14,21H,4-7,10H2,1-3H3,(H,20,22). The second-order valence-corrected chi connectivity index (χ2v) is 7.44. The number of nitrogens with zero attached hydrogens (tertiary/aromatic N) is 1.